The number of nitrogens with zero attached hydrogens (tertiary/aromatic N) is 2. The highest BCUT2D eigenvalue weighted by Crippen LogP contribution is 2.30. The zero-order valence-electron chi connectivity index (χ0n) is 16.7. The number of nitrogens with two attached hydrogens (primary N) is 1. The molecule has 1 heterocycles. The van der Waals surface area contributed by atoms with Gasteiger partial charge in [-0.3, -0.25) is 9.89 Å². The van der Waals surface area contributed by atoms with Crippen LogP contribution < -0.4 is 20.5 Å². The van der Waals surface area contributed by atoms with Crippen LogP contribution in [0.3, 0.4) is 0 Å². The number of hydrogen-bond donors (Lipinski definition) is 2. The van der Waals surface area contributed by atoms with Crippen molar-refractivity contribution < 1.29 is 14.2 Å². The van der Waals surface area contributed by atoms with Crippen molar-refractivity contribution >= 4 is 23.2 Å². The van der Waals surface area contributed by atoms with Crippen LogP contribution in [0.5, 0.6) is 11.5 Å². The van der Waals surface area contributed by atoms with Crippen molar-refractivity contribution in [3.05, 3.63) is 53.1 Å². The first-order valence-corrected chi connectivity index (χ1v) is 9.85. The summed E-state index contributed by atoms with van der Waals surface area (Å²) in [4.78, 5) is 6.91. The molecule has 2 aromatic carbocycles. The van der Waals surface area contributed by atoms with Gasteiger partial charge in [-0.05, 0) is 23.8 Å². The van der Waals surface area contributed by atoms with Crippen molar-refractivity contribution in [1.82, 2.24) is 4.90 Å². The fraction of sp³-hybridized carbons (Fsp3) is 0.381. The molecule has 1 aliphatic heterocycles. The summed E-state index contributed by atoms with van der Waals surface area (Å²) in [5.41, 5.74) is 7.96. The van der Waals surface area contributed by atoms with Crippen LogP contribution in [0.1, 0.15) is 11.6 Å². The lowest BCUT2D eigenvalue weighted by Crippen LogP contribution is -2.40. The molecule has 8 heteroatoms. The summed E-state index contributed by atoms with van der Waals surface area (Å²) in [5.74, 6) is 1.59. The molecule has 3 rings (SSSR count). The van der Waals surface area contributed by atoms with Crippen molar-refractivity contribution in [2.45, 2.75) is 6.04 Å². The van der Waals surface area contributed by atoms with Gasteiger partial charge in [0.2, 0.25) is 0 Å². The molecular formula is C21H27ClN4O3. The number of anilines is 1. The van der Waals surface area contributed by atoms with Gasteiger partial charge in [0.15, 0.2) is 17.5 Å². The Labute approximate surface area is 176 Å². The fourth-order valence-corrected chi connectivity index (χ4v) is 3.59. The number of guanidine groups is 1. The number of halogens is 1. The number of morpholine rings is 1. The first-order chi connectivity index (χ1) is 14.1. The Hall–Kier alpha value is -2.48. The van der Waals surface area contributed by atoms with Crippen LogP contribution >= 0.6 is 11.6 Å². The zero-order valence-corrected chi connectivity index (χ0v) is 17.5. The monoisotopic (exact) mass is 418 g/mol. The van der Waals surface area contributed by atoms with Gasteiger partial charge in [0.1, 0.15) is 0 Å². The molecule has 3 N–H and O–H groups in total. The number of methoxy groups -OCH3 is 2. The number of aliphatic imine (C=N–C) groups is 1. The highest BCUT2D eigenvalue weighted by molar-refractivity contribution is 6.31. The van der Waals surface area contributed by atoms with E-state index in [0.29, 0.717) is 37.2 Å². The average molecular weight is 419 g/mol. The predicted octanol–water partition coefficient (Wildman–Crippen LogP) is 3.16. The topological polar surface area (TPSA) is 81.3 Å². The highest BCUT2D eigenvalue weighted by Gasteiger charge is 2.24. The molecule has 0 aromatic heterocycles. The number of nitrogens with one attached hydrogen (secondary N) is 1. The van der Waals surface area contributed by atoms with Gasteiger partial charge in [-0.25, -0.2) is 0 Å². The lowest BCUT2D eigenvalue weighted by molar-refractivity contribution is 0.0180. The molecule has 7 nitrogen and oxygen atoms in total. The minimum Gasteiger partial charge on any atom is -0.493 e. The normalized spacial score (nSPS) is 16.3. The van der Waals surface area contributed by atoms with Gasteiger partial charge in [0.05, 0.1) is 40.0 Å². The van der Waals surface area contributed by atoms with E-state index in [0.717, 1.165) is 29.4 Å². The van der Waals surface area contributed by atoms with Gasteiger partial charge in [-0.2, -0.15) is 0 Å². The summed E-state index contributed by atoms with van der Waals surface area (Å²) in [5, 5.41) is 3.84. The van der Waals surface area contributed by atoms with Gasteiger partial charge in [0, 0.05) is 29.9 Å². The van der Waals surface area contributed by atoms with E-state index in [1.807, 2.05) is 42.5 Å². The molecule has 0 aliphatic carbocycles. The Morgan fingerprint density at radius 1 is 1.17 bits per heavy atom. The van der Waals surface area contributed by atoms with E-state index >= 15 is 0 Å². The van der Waals surface area contributed by atoms with Crippen molar-refractivity contribution in [3.63, 3.8) is 0 Å². The molecule has 1 fully saturated rings. The lowest BCUT2D eigenvalue weighted by atomic mass is 10.0. The van der Waals surface area contributed by atoms with Crippen LogP contribution in [0, 0.1) is 0 Å². The van der Waals surface area contributed by atoms with E-state index in [2.05, 4.69) is 15.2 Å². The molecule has 0 radical (unpaired) electrons. The van der Waals surface area contributed by atoms with Crippen LogP contribution in [0.4, 0.5) is 5.69 Å². The van der Waals surface area contributed by atoms with Gasteiger partial charge in [-0.15, -0.1) is 0 Å². The van der Waals surface area contributed by atoms with Crippen LogP contribution in [0.15, 0.2) is 47.5 Å². The van der Waals surface area contributed by atoms with Crippen LogP contribution in [-0.4, -0.2) is 57.9 Å². The van der Waals surface area contributed by atoms with E-state index in [4.69, 9.17) is 31.5 Å². The Kier molecular flexibility index (Phi) is 7.57. The number of rotatable bonds is 7. The molecule has 0 amide bonds. The third kappa shape index (κ3) is 5.53. The first-order valence-electron chi connectivity index (χ1n) is 9.47. The second-order valence-corrected chi connectivity index (χ2v) is 7.01. The van der Waals surface area contributed by atoms with Crippen LogP contribution in [-0.2, 0) is 4.74 Å². The maximum atomic E-state index is 6.47. The molecule has 2 aromatic rings. The number of ether oxygens (including phenoxy) is 3. The number of hydrogen-bond acceptors (Lipinski definition) is 5. The van der Waals surface area contributed by atoms with Crippen LogP contribution in [0.25, 0.3) is 0 Å². The highest BCUT2D eigenvalue weighted by atomic mass is 35.5. The molecule has 29 heavy (non-hydrogen) atoms. The third-order valence-electron chi connectivity index (χ3n) is 4.84. The van der Waals surface area contributed by atoms with Gasteiger partial charge >= 0.3 is 0 Å². The number of benzene rings is 2. The minimum atomic E-state index is 0.0263. The largest absolute Gasteiger partial charge is 0.493 e. The van der Waals surface area contributed by atoms with Gasteiger partial charge in [-0.1, -0.05) is 29.8 Å². The van der Waals surface area contributed by atoms with Gasteiger partial charge in [0.25, 0.3) is 0 Å². The zero-order chi connectivity index (χ0) is 20.6. The summed E-state index contributed by atoms with van der Waals surface area (Å²) in [6.45, 7) is 3.53. The Bertz CT molecular complexity index is 840. The molecule has 1 atom stereocenters. The molecule has 156 valence electrons. The average Bonchev–Trinajstić information content (AvgIpc) is 2.75. The second kappa shape index (κ2) is 10.3. The Morgan fingerprint density at radius 2 is 1.90 bits per heavy atom. The van der Waals surface area contributed by atoms with Crippen LogP contribution in [0.2, 0.25) is 5.02 Å². The molecule has 1 saturated heterocycles. The maximum Gasteiger partial charge on any atom is 0.193 e. The molecular weight excluding hydrogens is 392 g/mol. The third-order valence-corrected chi connectivity index (χ3v) is 5.19. The molecule has 1 unspecified atom stereocenters. The van der Waals surface area contributed by atoms with E-state index in [9.17, 15) is 0 Å². The Morgan fingerprint density at radius 3 is 2.59 bits per heavy atom. The minimum absolute atomic E-state index is 0.0263. The fourth-order valence-electron chi connectivity index (χ4n) is 3.33. The van der Waals surface area contributed by atoms with Gasteiger partial charge < -0.3 is 25.3 Å². The SMILES string of the molecule is COc1ccc(NC(N)=NCC(c2ccccc2Cl)N2CCOCC2)cc1OC. The standard InChI is InChI=1S/C21H27ClN4O3/c1-27-19-8-7-15(13-20(19)28-2)25-21(23)24-14-18(26-9-11-29-12-10-26)16-5-3-4-6-17(16)22/h3-8,13,18H,9-12,14H2,1-2H3,(H3,23,24,25). The quantitative estimate of drug-likeness (QED) is 0.531. The lowest BCUT2D eigenvalue weighted by Gasteiger charge is -2.34. The summed E-state index contributed by atoms with van der Waals surface area (Å²) < 4.78 is 16.1. The maximum absolute atomic E-state index is 6.47. The van der Waals surface area contributed by atoms with Crippen molar-refractivity contribution in [3.8, 4) is 11.5 Å². The molecule has 1 aliphatic rings. The van der Waals surface area contributed by atoms with Crippen molar-refractivity contribution in [2.24, 2.45) is 10.7 Å². The molecule has 0 spiro atoms. The molecule has 0 saturated carbocycles. The van der Waals surface area contributed by atoms with E-state index in [1.165, 1.54) is 0 Å². The molecule has 0 bridgehead atoms. The second-order valence-electron chi connectivity index (χ2n) is 6.61. The predicted molar refractivity (Wildman–Crippen MR) is 116 cm³/mol. The van der Waals surface area contributed by atoms with E-state index in [1.54, 1.807) is 14.2 Å². The van der Waals surface area contributed by atoms with Crippen molar-refractivity contribution in [2.75, 3.05) is 52.4 Å². The summed E-state index contributed by atoms with van der Waals surface area (Å²) >= 11 is 6.47. The summed E-state index contributed by atoms with van der Waals surface area (Å²) in [6.07, 6.45) is 0. The smallest absolute Gasteiger partial charge is 0.193 e. The van der Waals surface area contributed by atoms with Crippen molar-refractivity contribution in [1.29, 1.82) is 0 Å². The van der Waals surface area contributed by atoms with E-state index in [-0.39, 0.29) is 6.04 Å². The summed E-state index contributed by atoms with van der Waals surface area (Å²) in [7, 11) is 3.19. The van der Waals surface area contributed by atoms with E-state index < -0.39 is 0 Å². The first kappa shape index (κ1) is 21.2. The Balaban J connectivity index is 1.75. The summed E-state index contributed by atoms with van der Waals surface area (Å²) in [6, 6.07) is 13.4.